The molecule has 0 heterocycles. The maximum absolute atomic E-state index is 13.6. The van der Waals surface area contributed by atoms with Crippen molar-refractivity contribution in [2.45, 2.75) is 19.4 Å². The molecule has 2 aromatic rings. The molecule has 0 fully saturated rings. The second-order valence-electron chi connectivity index (χ2n) is 5.49. The van der Waals surface area contributed by atoms with Crippen LogP contribution >= 0.6 is 0 Å². The third-order valence-electron chi connectivity index (χ3n) is 3.39. The number of halogens is 1. The van der Waals surface area contributed by atoms with E-state index in [0.29, 0.717) is 6.42 Å². The number of aryl methyl sites for hydroxylation is 1. The third-order valence-corrected chi connectivity index (χ3v) is 3.39. The van der Waals surface area contributed by atoms with Crippen molar-refractivity contribution in [2.75, 3.05) is 11.9 Å². The van der Waals surface area contributed by atoms with Crippen molar-refractivity contribution in [1.82, 2.24) is 5.32 Å². The maximum Gasteiger partial charge on any atom is 0.313 e. The molecule has 126 valence electrons. The van der Waals surface area contributed by atoms with Gasteiger partial charge in [0.25, 0.3) is 0 Å². The van der Waals surface area contributed by atoms with E-state index in [4.69, 9.17) is 0 Å². The summed E-state index contributed by atoms with van der Waals surface area (Å²) in [4.78, 5) is 23.5. The van der Waals surface area contributed by atoms with Gasteiger partial charge in [0.2, 0.25) is 0 Å². The fourth-order valence-corrected chi connectivity index (χ4v) is 2.16. The molecule has 0 aliphatic heterocycles. The summed E-state index contributed by atoms with van der Waals surface area (Å²) in [5.74, 6) is -2.53. The summed E-state index contributed by atoms with van der Waals surface area (Å²) in [5, 5.41) is 14.4. The van der Waals surface area contributed by atoms with Crippen LogP contribution < -0.4 is 10.6 Å². The van der Waals surface area contributed by atoms with E-state index < -0.39 is 23.7 Å². The zero-order valence-electron chi connectivity index (χ0n) is 13.3. The zero-order valence-corrected chi connectivity index (χ0v) is 13.3. The second-order valence-corrected chi connectivity index (χ2v) is 5.49. The molecule has 0 saturated carbocycles. The van der Waals surface area contributed by atoms with Crippen LogP contribution in [0.4, 0.5) is 10.1 Å². The number of amides is 2. The predicted molar refractivity (Wildman–Crippen MR) is 88.9 cm³/mol. The molecule has 0 aliphatic carbocycles. The van der Waals surface area contributed by atoms with Crippen LogP contribution in [0, 0.1) is 12.7 Å². The van der Waals surface area contributed by atoms with E-state index in [1.54, 1.807) is 13.0 Å². The minimum absolute atomic E-state index is 0.0556. The Kier molecular flexibility index (Phi) is 6.03. The molecule has 2 aromatic carbocycles. The van der Waals surface area contributed by atoms with E-state index in [2.05, 4.69) is 10.6 Å². The average Bonchev–Trinajstić information content (AvgIpc) is 2.57. The molecule has 6 heteroatoms. The summed E-state index contributed by atoms with van der Waals surface area (Å²) in [5.41, 5.74) is 1.62. The Morgan fingerprint density at radius 2 is 1.83 bits per heavy atom. The molecule has 24 heavy (non-hydrogen) atoms. The van der Waals surface area contributed by atoms with Crippen LogP contribution in [0.3, 0.4) is 0 Å². The van der Waals surface area contributed by atoms with Gasteiger partial charge in [-0.1, -0.05) is 36.4 Å². The fraction of sp³-hybridized carbons (Fsp3) is 0.222. The lowest BCUT2D eigenvalue weighted by molar-refractivity contribution is -0.136. The van der Waals surface area contributed by atoms with Crippen LogP contribution in [-0.4, -0.2) is 29.6 Å². The van der Waals surface area contributed by atoms with Crippen molar-refractivity contribution < 1.29 is 19.1 Å². The summed E-state index contributed by atoms with van der Waals surface area (Å²) in [6.07, 6.45) is -0.463. The molecule has 0 saturated heterocycles. The quantitative estimate of drug-likeness (QED) is 0.732. The molecule has 2 amide bonds. The average molecular weight is 330 g/mol. The molecule has 1 atom stereocenters. The first-order valence-corrected chi connectivity index (χ1v) is 7.53. The standard InChI is InChI=1S/C18H19FN2O3/c1-12-7-8-15(19)16(9-12)21-18(24)17(23)20-11-14(22)10-13-5-3-2-4-6-13/h2-9,14,22H,10-11H2,1H3,(H,20,23)(H,21,24). The van der Waals surface area contributed by atoms with Crippen LogP contribution in [0.5, 0.6) is 0 Å². The van der Waals surface area contributed by atoms with Gasteiger partial charge >= 0.3 is 11.8 Å². The number of carbonyl (C=O) groups excluding carboxylic acids is 2. The molecule has 0 spiro atoms. The molecule has 2 rings (SSSR count). The number of anilines is 1. The number of carbonyl (C=O) groups is 2. The molecule has 0 radical (unpaired) electrons. The monoisotopic (exact) mass is 330 g/mol. The van der Waals surface area contributed by atoms with Crippen LogP contribution in [0.25, 0.3) is 0 Å². The highest BCUT2D eigenvalue weighted by atomic mass is 19.1. The largest absolute Gasteiger partial charge is 0.391 e. The number of hydrogen-bond donors (Lipinski definition) is 3. The number of aliphatic hydroxyl groups is 1. The SMILES string of the molecule is Cc1ccc(F)c(NC(=O)C(=O)NCC(O)Cc2ccccc2)c1. The highest BCUT2D eigenvalue weighted by Gasteiger charge is 2.17. The van der Waals surface area contributed by atoms with E-state index in [-0.39, 0.29) is 12.2 Å². The van der Waals surface area contributed by atoms with Crippen LogP contribution in [0.2, 0.25) is 0 Å². The number of hydrogen-bond acceptors (Lipinski definition) is 3. The normalized spacial score (nSPS) is 11.6. The third kappa shape index (κ3) is 5.17. The van der Waals surface area contributed by atoms with E-state index in [0.717, 1.165) is 11.1 Å². The van der Waals surface area contributed by atoms with Crippen molar-refractivity contribution in [1.29, 1.82) is 0 Å². The molecular weight excluding hydrogens is 311 g/mol. The lowest BCUT2D eigenvalue weighted by atomic mass is 10.1. The van der Waals surface area contributed by atoms with Crippen LogP contribution in [-0.2, 0) is 16.0 Å². The minimum Gasteiger partial charge on any atom is -0.391 e. The summed E-state index contributed by atoms with van der Waals surface area (Å²) in [6.45, 7) is 1.67. The Morgan fingerprint density at radius 3 is 2.54 bits per heavy atom. The lowest BCUT2D eigenvalue weighted by Gasteiger charge is -2.12. The first-order chi connectivity index (χ1) is 11.5. The Labute approximate surface area is 139 Å². The summed E-state index contributed by atoms with van der Waals surface area (Å²) >= 11 is 0. The smallest absolute Gasteiger partial charge is 0.313 e. The van der Waals surface area contributed by atoms with Gasteiger partial charge in [-0.05, 0) is 30.2 Å². The molecule has 0 aromatic heterocycles. The van der Waals surface area contributed by atoms with E-state index >= 15 is 0 Å². The van der Waals surface area contributed by atoms with Gasteiger partial charge in [-0.3, -0.25) is 9.59 Å². The number of nitrogens with one attached hydrogen (secondary N) is 2. The van der Waals surface area contributed by atoms with Crippen molar-refractivity contribution in [3.63, 3.8) is 0 Å². The summed E-state index contributed by atoms with van der Waals surface area (Å²) < 4.78 is 13.6. The van der Waals surface area contributed by atoms with Crippen molar-refractivity contribution >= 4 is 17.5 Å². The van der Waals surface area contributed by atoms with Gasteiger partial charge in [0.15, 0.2) is 0 Å². The molecule has 5 nitrogen and oxygen atoms in total. The van der Waals surface area contributed by atoms with Gasteiger partial charge in [-0.15, -0.1) is 0 Å². The Balaban J connectivity index is 1.83. The van der Waals surface area contributed by atoms with Gasteiger partial charge in [0, 0.05) is 13.0 Å². The van der Waals surface area contributed by atoms with Gasteiger partial charge < -0.3 is 15.7 Å². The van der Waals surface area contributed by atoms with Gasteiger partial charge in [-0.25, -0.2) is 4.39 Å². The highest BCUT2D eigenvalue weighted by Crippen LogP contribution is 2.15. The Bertz CT molecular complexity index is 719. The molecule has 3 N–H and O–H groups in total. The van der Waals surface area contributed by atoms with Gasteiger partial charge in [-0.2, -0.15) is 0 Å². The van der Waals surface area contributed by atoms with Crippen molar-refractivity contribution in [2.24, 2.45) is 0 Å². The predicted octanol–water partition coefficient (Wildman–Crippen LogP) is 1.79. The summed E-state index contributed by atoms with van der Waals surface area (Å²) in [7, 11) is 0. The van der Waals surface area contributed by atoms with E-state index in [9.17, 15) is 19.1 Å². The zero-order chi connectivity index (χ0) is 17.5. The highest BCUT2D eigenvalue weighted by molar-refractivity contribution is 6.39. The number of aliphatic hydroxyl groups excluding tert-OH is 1. The summed E-state index contributed by atoms with van der Waals surface area (Å²) in [6, 6.07) is 13.5. The molecule has 0 aliphatic rings. The van der Waals surface area contributed by atoms with Crippen LogP contribution in [0.15, 0.2) is 48.5 Å². The van der Waals surface area contributed by atoms with Crippen LogP contribution in [0.1, 0.15) is 11.1 Å². The number of benzene rings is 2. The topological polar surface area (TPSA) is 78.4 Å². The molecular formula is C18H19FN2O3. The van der Waals surface area contributed by atoms with Crippen molar-refractivity contribution in [3.8, 4) is 0 Å². The second kappa shape index (κ2) is 8.21. The van der Waals surface area contributed by atoms with E-state index in [1.807, 2.05) is 30.3 Å². The number of rotatable bonds is 5. The molecule has 0 bridgehead atoms. The fourth-order valence-electron chi connectivity index (χ4n) is 2.16. The maximum atomic E-state index is 13.6. The Morgan fingerprint density at radius 1 is 1.12 bits per heavy atom. The van der Waals surface area contributed by atoms with Gasteiger partial charge in [0.05, 0.1) is 11.8 Å². The van der Waals surface area contributed by atoms with Gasteiger partial charge in [0.1, 0.15) is 5.82 Å². The first-order valence-electron chi connectivity index (χ1n) is 7.53. The lowest BCUT2D eigenvalue weighted by Crippen LogP contribution is -2.40. The molecule has 1 unspecified atom stereocenters. The van der Waals surface area contributed by atoms with E-state index in [1.165, 1.54) is 12.1 Å². The minimum atomic E-state index is -0.980. The Hall–Kier alpha value is -2.73. The van der Waals surface area contributed by atoms with Crippen molar-refractivity contribution in [3.05, 3.63) is 65.5 Å². The first kappa shape index (κ1) is 17.6.